The SMILES string of the molecule is CCc1ccc(CC(O)(CC)c2ccccc2)nc1. The van der Waals surface area contributed by atoms with Crippen LogP contribution in [0.15, 0.2) is 48.7 Å². The predicted molar refractivity (Wildman–Crippen MR) is 77.9 cm³/mol. The molecule has 1 heterocycles. The van der Waals surface area contributed by atoms with E-state index in [-0.39, 0.29) is 0 Å². The zero-order valence-corrected chi connectivity index (χ0v) is 11.6. The van der Waals surface area contributed by atoms with E-state index >= 15 is 0 Å². The van der Waals surface area contributed by atoms with Crippen LogP contribution in [0.2, 0.25) is 0 Å². The number of nitrogens with zero attached hydrogens (tertiary/aromatic N) is 1. The first-order valence-corrected chi connectivity index (χ1v) is 6.89. The highest BCUT2D eigenvalue weighted by atomic mass is 16.3. The van der Waals surface area contributed by atoms with Crippen molar-refractivity contribution in [2.75, 3.05) is 0 Å². The summed E-state index contributed by atoms with van der Waals surface area (Å²) in [4.78, 5) is 4.45. The zero-order chi connectivity index (χ0) is 13.7. The lowest BCUT2D eigenvalue weighted by Gasteiger charge is -2.27. The number of hydrogen-bond donors (Lipinski definition) is 1. The highest BCUT2D eigenvalue weighted by Gasteiger charge is 2.27. The minimum atomic E-state index is -0.831. The highest BCUT2D eigenvalue weighted by molar-refractivity contribution is 5.25. The molecule has 0 amide bonds. The van der Waals surface area contributed by atoms with E-state index in [0.717, 1.165) is 17.7 Å². The average molecular weight is 255 g/mol. The Kier molecular flexibility index (Phi) is 4.33. The van der Waals surface area contributed by atoms with Crippen molar-refractivity contribution < 1.29 is 5.11 Å². The van der Waals surface area contributed by atoms with Gasteiger partial charge in [0.05, 0.1) is 5.60 Å². The summed E-state index contributed by atoms with van der Waals surface area (Å²) in [5.74, 6) is 0. The molecule has 0 aliphatic rings. The molecule has 0 fully saturated rings. The lowest BCUT2D eigenvalue weighted by Crippen LogP contribution is -2.28. The van der Waals surface area contributed by atoms with Gasteiger partial charge in [-0.1, -0.05) is 50.2 Å². The first kappa shape index (κ1) is 13.8. The molecule has 100 valence electrons. The van der Waals surface area contributed by atoms with E-state index in [1.807, 2.05) is 49.5 Å². The van der Waals surface area contributed by atoms with Crippen molar-refractivity contribution in [1.29, 1.82) is 0 Å². The standard InChI is InChI=1S/C17H21NO/c1-3-14-10-11-16(18-13-14)12-17(19,4-2)15-8-6-5-7-9-15/h5-11,13,19H,3-4,12H2,1-2H3. The third-order valence-corrected chi connectivity index (χ3v) is 3.66. The van der Waals surface area contributed by atoms with Crippen molar-refractivity contribution >= 4 is 0 Å². The Labute approximate surface area is 115 Å². The Bertz CT molecular complexity index is 507. The van der Waals surface area contributed by atoms with Crippen molar-refractivity contribution in [2.24, 2.45) is 0 Å². The fourth-order valence-electron chi connectivity index (χ4n) is 2.25. The lowest BCUT2D eigenvalue weighted by molar-refractivity contribution is 0.0317. The molecule has 1 aromatic heterocycles. The van der Waals surface area contributed by atoms with E-state index in [2.05, 4.69) is 18.0 Å². The smallest absolute Gasteiger partial charge is 0.0949 e. The van der Waals surface area contributed by atoms with Crippen molar-refractivity contribution in [2.45, 2.75) is 38.7 Å². The minimum absolute atomic E-state index is 0.553. The van der Waals surface area contributed by atoms with Crippen molar-refractivity contribution in [1.82, 2.24) is 4.98 Å². The molecule has 0 aliphatic heterocycles. The molecule has 0 saturated carbocycles. The fourth-order valence-corrected chi connectivity index (χ4v) is 2.25. The lowest BCUT2D eigenvalue weighted by atomic mass is 9.86. The molecule has 1 aromatic carbocycles. The molecule has 0 aliphatic carbocycles. The quantitative estimate of drug-likeness (QED) is 0.887. The molecule has 0 radical (unpaired) electrons. The first-order valence-electron chi connectivity index (χ1n) is 6.89. The molecule has 2 nitrogen and oxygen atoms in total. The number of rotatable bonds is 5. The Balaban J connectivity index is 2.22. The molecule has 0 bridgehead atoms. The van der Waals surface area contributed by atoms with Crippen LogP contribution in [-0.4, -0.2) is 10.1 Å². The summed E-state index contributed by atoms with van der Waals surface area (Å²) in [5.41, 5.74) is 2.29. The second-order valence-electron chi connectivity index (χ2n) is 4.94. The van der Waals surface area contributed by atoms with Crippen LogP contribution in [0.3, 0.4) is 0 Å². The summed E-state index contributed by atoms with van der Waals surface area (Å²) < 4.78 is 0. The van der Waals surface area contributed by atoms with Gasteiger partial charge in [0.1, 0.15) is 0 Å². The number of aryl methyl sites for hydroxylation is 1. The van der Waals surface area contributed by atoms with Crippen molar-refractivity contribution in [3.63, 3.8) is 0 Å². The van der Waals surface area contributed by atoms with Gasteiger partial charge in [0.25, 0.3) is 0 Å². The summed E-state index contributed by atoms with van der Waals surface area (Å²) in [7, 11) is 0. The Hall–Kier alpha value is -1.67. The van der Waals surface area contributed by atoms with Gasteiger partial charge < -0.3 is 5.11 Å². The van der Waals surface area contributed by atoms with Gasteiger partial charge in [-0.2, -0.15) is 0 Å². The fraction of sp³-hybridized carbons (Fsp3) is 0.353. The van der Waals surface area contributed by atoms with E-state index in [9.17, 15) is 5.11 Å². The molecule has 19 heavy (non-hydrogen) atoms. The largest absolute Gasteiger partial charge is 0.385 e. The van der Waals surface area contributed by atoms with Crippen LogP contribution >= 0.6 is 0 Å². The van der Waals surface area contributed by atoms with Gasteiger partial charge in [-0.15, -0.1) is 0 Å². The minimum Gasteiger partial charge on any atom is -0.385 e. The molecule has 0 spiro atoms. The number of aliphatic hydroxyl groups is 1. The van der Waals surface area contributed by atoms with Crippen molar-refractivity contribution in [3.05, 3.63) is 65.5 Å². The van der Waals surface area contributed by atoms with Gasteiger partial charge in [0, 0.05) is 18.3 Å². The van der Waals surface area contributed by atoms with E-state index in [0.29, 0.717) is 12.8 Å². The third kappa shape index (κ3) is 3.21. The molecular formula is C17H21NO. The zero-order valence-electron chi connectivity index (χ0n) is 11.6. The van der Waals surface area contributed by atoms with Crippen LogP contribution < -0.4 is 0 Å². The summed E-state index contributed by atoms with van der Waals surface area (Å²) in [6, 6.07) is 13.9. The Morgan fingerprint density at radius 2 is 1.79 bits per heavy atom. The molecule has 1 unspecified atom stereocenters. The maximum atomic E-state index is 10.8. The Morgan fingerprint density at radius 1 is 1.05 bits per heavy atom. The predicted octanol–water partition coefficient (Wildman–Crippen LogP) is 3.48. The molecular weight excluding hydrogens is 234 g/mol. The number of hydrogen-bond acceptors (Lipinski definition) is 2. The van der Waals surface area contributed by atoms with Crippen LogP contribution in [0, 0.1) is 0 Å². The molecule has 2 heteroatoms. The molecule has 0 saturated heterocycles. The number of aromatic nitrogens is 1. The molecule has 2 rings (SSSR count). The van der Waals surface area contributed by atoms with Crippen LogP contribution in [0.4, 0.5) is 0 Å². The van der Waals surface area contributed by atoms with Gasteiger partial charge in [-0.3, -0.25) is 4.98 Å². The van der Waals surface area contributed by atoms with Gasteiger partial charge in [0.2, 0.25) is 0 Å². The van der Waals surface area contributed by atoms with Crippen LogP contribution in [0.1, 0.15) is 37.1 Å². The summed E-state index contributed by atoms with van der Waals surface area (Å²) in [5, 5.41) is 10.8. The number of pyridine rings is 1. The normalized spacial score (nSPS) is 14.1. The van der Waals surface area contributed by atoms with Gasteiger partial charge in [-0.25, -0.2) is 0 Å². The third-order valence-electron chi connectivity index (χ3n) is 3.66. The average Bonchev–Trinajstić information content (AvgIpc) is 2.49. The van der Waals surface area contributed by atoms with Gasteiger partial charge >= 0.3 is 0 Å². The second kappa shape index (κ2) is 5.98. The van der Waals surface area contributed by atoms with E-state index in [1.54, 1.807) is 0 Å². The number of benzene rings is 1. The summed E-state index contributed by atoms with van der Waals surface area (Å²) in [6.07, 6.45) is 4.12. The summed E-state index contributed by atoms with van der Waals surface area (Å²) >= 11 is 0. The monoisotopic (exact) mass is 255 g/mol. The van der Waals surface area contributed by atoms with Crippen LogP contribution in [0.5, 0.6) is 0 Å². The van der Waals surface area contributed by atoms with Gasteiger partial charge in [0.15, 0.2) is 0 Å². The van der Waals surface area contributed by atoms with Crippen LogP contribution in [-0.2, 0) is 18.4 Å². The summed E-state index contributed by atoms with van der Waals surface area (Å²) in [6.45, 7) is 4.12. The Morgan fingerprint density at radius 3 is 2.32 bits per heavy atom. The van der Waals surface area contributed by atoms with Gasteiger partial charge in [-0.05, 0) is 30.0 Å². The van der Waals surface area contributed by atoms with Crippen LogP contribution in [0.25, 0.3) is 0 Å². The van der Waals surface area contributed by atoms with E-state index in [4.69, 9.17) is 0 Å². The molecule has 1 atom stereocenters. The first-order chi connectivity index (χ1) is 9.18. The molecule has 2 aromatic rings. The second-order valence-corrected chi connectivity index (χ2v) is 4.94. The maximum Gasteiger partial charge on any atom is 0.0949 e. The molecule has 1 N–H and O–H groups in total. The maximum absolute atomic E-state index is 10.8. The van der Waals surface area contributed by atoms with E-state index < -0.39 is 5.60 Å². The van der Waals surface area contributed by atoms with Crippen molar-refractivity contribution in [3.8, 4) is 0 Å². The van der Waals surface area contributed by atoms with E-state index in [1.165, 1.54) is 5.56 Å². The topological polar surface area (TPSA) is 33.1 Å². The highest BCUT2D eigenvalue weighted by Crippen LogP contribution is 2.28.